The summed E-state index contributed by atoms with van der Waals surface area (Å²) < 4.78 is 16.7. The summed E-state index contributed by atoms with van der Waals surface area (Å²) in [5.74, 6) is -0.934. The lowest BCUT2D eigenvalue weighted by Gasteiger charge is -2.18. The monoisotopic (exact) mass is 955 g/mol. The van der Waals surface area contributed by atoms with Crippen LogP contribution in [0, 0.1) is 0 Å². The molecule has 69 heavy (non-hydrogen) atoms. The van der Waals surface area contributed by atoms with Gasteiger partial charge in [0.1, 0.15) is 13.2 Å². The molecule has 390 valence electrons. The number of allylic oxidation sites excluding steroid dienone is 20. The summed E-state index contributed by atoms with van der Waals surface area (Å²) in [4.78, 5) is 37.8. The fraction of sp³-hybridized carbons (Fsp3) is 0.635. The van der Waals surface area contributed by atoms with Crippen molar-refractivity contribution in [2.45, 2.75) is 245 Å². The molecule has 0 rings (SSSR count). The van der Waals surface area contributed by atoms with Crippen LogP contribution < -0.4 is 0 Å². The molecule has 1 atom stereocenters. The third-order valence-electron chi connectivity index (χ3n) is 11.5. The predicted molar refractivity (Wildman–Crippen MR) is 297 cm³/mol. The Labute approximate surface area is 424 Å². The molecule has 0 aromatic rings. The molecule has 0 N–H and O–H groups in total. The first-order valence-electron chi connectivity index (χ1n) is 28.0. The largest absolute Gasteiger partial charge is 0.462 e. The van der Waals surface area contributed by atoms with Gasteiger partial charge in [-0.2, -0.15) is 0 Å². The van der Waals surface area contributed by atoms with E-state index in [2.05, 4.69) is 142 Å². The highest BCUT2D eigenvalue weighted by molar-refractivity contribution is 5.71. The van der Waals surface area contributed by atoms with Gasteiger partial charge in [0.25, 0.3) is 0 Å². The topological polar surface area (TPSA) is 78.9 Å². The number of carbonyl (C=O) groups excluding carboxylic acids is 3. The van der Waals surface area contributed by atoms with Crippen LogP contribution in [-0.4, -0.2) is 37.2 Å². The highest BCUT2D eigenvalue weighted by Crippen LogP contribution is 2.14. The second kappa shape index (κ2) is 56.4. The third kappa shape index (κ3) is 54.6. The third-order valence-corrected chi connectivity index (χ3v) is 11.5. The number of unbranched alkanes of at least 4 members (excludes halogenated alkanes) is 18. The van der Waals surface area contributed by atoms with Gasteiger partial charge in [0.2, 0.25) is 0 Å². The van der Waals surface area contributed by atoms with Gasteiger partial charge in [-0.05, 0) is 109 Å². The summed E-state index contributed by atoms with van der Waals surface area (Å²) in [7, 11) is 0. The van der Waals surface area contributed by atoms with E-state index in [1.807, 2.05) is 0 Å². The number of hydrogen-bond donors (Lipinski definition) is 0. The Hall–Kier alpha value is -4.19. The van der Waals surface area contributed by atoms with Gasteiger partial charge < -0.3 is 14.2 Å². The number of esters is 3. The molecule has 0 heterocycles. The van der Waals surface area contributed by atoms with Gasteiger partial charge >= 0.3 is 17.9 Å². The number of carbonyl (C=O) groups is 3. The van der Waals surface area contributed by atoms with Crippen molar-refractivity contribution in [3.63, 3.8) is 0 Å². The van der Waals surface area contributed by atoms with Crippen molar-refractivity contribution < 1.29 is 28.6 Å². The fourth-order valence-electron chi connectivity index (χ4n) is 7.32. The Morgan fingerprint density at radius 3 is 0.884 bits per heavy atom. The van der Waals surface area contributed by atoms with Gasteiger partial charge in [0, 0.05) is 19.3 Å². The second-order valence-electron chi connectivity index (χ2n) is 18.1. The van der Waals surface area contributed by atoms with E-state index in [0.717, 1.165) is 161 Å². The zero-order valence-electron chi connectivity index (χ0n) is 44.5. The maximum Gasteiger partial charge on any atom is 0.306 e. The molecule has 0 radical (unpaired) electrons. The lowest BCUT2D eigenvalue weighted by atomic mass is 10.1. The van der Waals surface area contributed by atoms with Crippen molar-refractivity contribution in [3.8, 4) is 0 Å². The Morgan fingerprint density at radius 1 is 0.304 bits per heavy atom. The molecule has 0 aromatic carbocycles. The fourth-order valence-corrected chi connectivity index (χ4v) is 7.32. The minimum atomic E-state index is -0.791. The predicted octanol–water partition coefficient (Wildman–Crippen LogP) is 18.9. The van der Waals surface area contributed by atoms with E-state index in [-0.39, 0.29) is 31.1 Å². The van der Waals surface area contributed by atoms with Gasteiger partial charge in [0.05, 0.1) is 0 Å². The summed E-state index contributed by atoms with van der Waals surface area (Å²) in [5.41, 5.74) is 0. The number of ether oxygens (including phenoxy) is 3. The average Bonchev–Trinajstić information content (AvgIpc) is 3.35. The molecule has 0 fully saturated rings. The molecule has 0 aliphatic rings. The summed E-state index contributed by atoms with van der Waals surface area (Å²) in [5, 5.41) is 0. The number of rotatable bonds is 49. The molecule has 0 saturated carbocycles. The second-order valence-corrected chi connectivity index (χ2v) is 18.1. The van der Waals surface area contributed by atoms with Gasteiger partial charge in [-0.25, -0.2) is 0 Å². The Morgan fingerprint density at radius 2 is 0.565 bits per heavy atom. The molecule has 0 spiro atoms. The van der Waals surface area contributed by atoms with Crippen molar-refractivity contribution in [2.75, 3.05) is 13.2 Å². The van der Waals surface area contributed by atoms with Crippen molar-refractivity contribution in [1.82, 2.24) is 0 Å². The smallest absolute Gasteiger partial charge is 0.306 e. The van der Waals surface area contributed by atoms with Crippen LogP contribution in [0.2, 0.25) is 0 Å². The molecule has 0 aliphatic carbocycles. The average molecular weight is 956 g/mol. The molecular formula is C63H102O6. The van der Waals surface area contributed by atoms with Gasteiger partial charge in [-0.3, -0.25) is 14.4 Å². The van der Waals surface area contributed by atoms with E-state index >= 15 is 0 Å². The van der Waals surface area contributed by atoms with E-state index in [1.54, 1.807) is 0 Å². The first-order chi connectivity index (χ1) is 34.0. The molecule has 0 aliphatic heterocycles. The lowest BCUT2D eigenvalue weighted by molar-refractivity contribution is -0.167. The van der Waals surface area contributed by atoms with E-state index in [9.17, 15) is 14.4 Å². The van der Waals surface area contributed by atoms with E-state index < -0.39 is 6.10 Å². The normalized spacial score (nSPS) is 13.0. The molecule has 0 saturated heterocycles. The van der Waals surface area contributed by atoms with Crippen LogP contribution in [0.4, 0.5) is 0 Å². The summed E-state index contributed by atoms with van der Waals surface area (Å²) in [6.07, 6.45) is 78.0. The van der Waals surface area contributed by atoms with Gasteiger partial charge in [-0.1, -0.05) is 232 Å². The Kier molecular flexibility index (Phi) is 53.0. The van der Waals surface area contributed by atoms with Crippen LogP contribution in [0.5, 0.6) is 0 Å². The summed E-state index contributed by atoms with van der Waals surface area (Å²) >= 11 is 0. The van der Waals surface area contributed by atoms with Crippen molar-refractivity contribution in [1.29, 1.82) is 0 Å². The van der Waals surface area contributed by atoms with Crippen molar-refractivity contribution in [2.24, 2.45) is 0 Å². The molecule has 0 aromatic heterocycles. The van der Waals surface area contributed by atoms with E-state index in [0.29, 0.717) is 19.3 Å². The zero-order valence-corrected chi connectivity index (χ0v) is 44.5. The summed E-state index contributed by atoms with van der Waals surface area (Å²) in [6.45, 7) is 6.30. The minimum Gasteiger partial charge on any atom is -0.462 e. The van der Waals surface area contributed by atoms with Crippen LogP contribution in [0.25, 0.3) is 0 Å². The van der Waals surface area contributed by atoms with Crippen LogP contribution in [0.3, 0.4) is 0 Å². The molecule has 0 amide bonds. The van der Waals surface area contributed by atoms with E-state index in [1.165, 1.54) is 38.5 Å². The molecule has 6 nitrogen and oxygen atoms in total. The highest BCUT2D eigenvalue weighted by Gasteiger charge is 2.19. The first kappa shape index (κ1) is 64.8. The minimum absolute atomic E-state index is 0.0913. The van der Waals surface area contributed by atoms with Crippen molar-refractivity contribution >= 4 is 17.9 Å². The molecule has 1 unspecified atom stereocenters. The van der Waals surface area contributed by atoms with Gasteiger partial charge in [0.15, 0.2) is 6.10 Å². The lowest BCUT2D eigenvalue weighted by Crippen LogP contribution is -2.30. The number of hydrogen-bond acceptors (Lipinski definition) is 6. The van der Waals surface area contributed by atoms with Gasteiger partial charge in [-0.15, -0.1) is 0 Å². The highest BCUT2D eigenvalue weighted by atomic mass is 16.6. The van der Waals surface area contributed by atoms with Crippen molar-refractivity contribution in [3.05, 3.63) is 122 Å². The summed E-state index contributed by atoms with van der Waals surface area (Å²) in [6, 6.07) is 0. The maximum absolute atomic E-state index is 12.8. The van der Waals surface area contributed by atoms with Crippen LogP contribution in [0.15, 0.2) is 122 Å². The first-order valence-corrected chi connectivity index (χ1v) is 28.0. The molecular weight excluding hydrogens is 853 g/mol. The van der Waals surface area contributed by atoms with E-state index in [4.69, 9.17) is 14.2 Å². The standard InChI is InChI=1S/C63H102O6/c1-4-7-10-13-15-17-19-21-23-25-27-29-30-31-32-34-35-37-39-41-43-45-47-50-53-56-62(65)68-59-60(58-67-61(64)55-52-49-12-9-6-3)69-63(66)57-54-51-48-46-44-42-40-38-36-33-28-26-24-22-20-18-16-14-11-8-5-2/h7-8,10-11,15-18,21-24,27-29,31-33,38,40,60H,4-6,9,12-14,19-20,25-26,30,34-37,39,41-59H2,1-3H3/b10-7-,11-8-,17-15-,18-16-,23-21-,24-22-,29-27-,32-31-,33-28-,40-38-. The Bertz CT molecular complexity index is 1470. The van der Waals surface area contributed by atoms with Crippen LogP contribution in [0.1, 0.15) is 239 Å². The van der Waals surface area contributed by atoms with Crippen LogP contribution in [-0.2, 0) is 28.6 Å². The maximum atomic E-state index is 12.8. The Balaban J connectivity index is 4.18. The van der Waals surface area contributed by atoms with Crippen LogP contribution >= 0.6 is 0 Å². The SMILES string of the molecule is CC/C=C\C/C=C\C/C=C\C/C=C\C/C=C\CCCCCCCCCCCC(=O)OCC(COC(=O)CCCCCCC)OC(=O)CCCCCCC/C=C\C/C=C\C/C=C\C/C=C\C/C=C\CC. The molecule has 0 bridgehead atoms. The molecule has 6 heteroatoms. The zero-order chi connectivity index (χ0) is 50.0. The quantitative estimate of drug-likeness (QED) is 0.0262.